The lowest BCUT2D eigenvalue weighted by molar-refractivity contribution is -0.136. The lowest BCUT2D eigenvalue weighted by Gasteiger charge is -2.24. The first-order valence-corrected chi connectivity index (χ1v) is 7.09. The predicted molar refractivity (Wildman–Crippen MR) is 83.4 cm³/mol. The molecule has 1 rings (SSSR count). The number of rotatable bonds is 10. The van der Waals surface area contributed by atoms with Gasteiger partial charge in [0.05, 0.1) is 19.6 Å². The molecule has 0 radical (unpaired) electrons. The van der Waals surface area contributed by atoms with E-state index in [-0.39, 0.29) is 6.42 Å². The fourth-order valence-electron chi connectivity index (χ4n) is 1.95. The van der Waals surface area contributed by atoms with Crippen molar-refractivity contribution >= 4 is 11.7 Å². The van der Waals surface area contributed by atoms with Gasteiger partial charge in [0.1, 0.15) is 0 Å². The zero-order valence-electron chi connectivity index (χ0n) is 12.7. The van der Waals surface area contributed by atoms with Crippen LogP contribution in [0.5, 0.6) is 11.5 Å². The Balaban J connectivity index is 2.98. The Kier molecular flexibility index (Phi) is 7.15. The van der Waals surface area contributed by atoms with Crippen molar-refractivity contribution in [1.82, 2.24) is 0 Å². The van der Waals surface area contributed by atoms with Gasteiger partial charge in [-0.3, -0.25) is 4.79 Å². The number of anilines is 1. The largest absolute Gasteiger partial charge is 0.490 e. The molecule has 1 aromatic rings. The topological polar surface area (TPSA) is 59.0 Å². The molecular formula is C16H23NO4. The van der Waals surface area contributed by atoms with E-state index in [4.69, 9.17) is 14.6 Å². The zero-order valence-corrected chi connectivity index (χ0v) is 12.7. The molecule has 0 amide bonds. The third-order valence-corrected chi connectivity index (χ3v) is 2.84. The van der Waals surface area contributed by atoms with E-state index in [0.29, 0.717) is 37.8 Å². The van der Waals surface area contributed by atoms with Gasteiger partial charge in [-0.1, -0.05) is 6.08 Å². The summed E-state index contributed by atoms with van der Waals surface area (Å²) in [4.78, 5) is 12.7. The van der Waals surface area contributed by atoms with E-state index in [1.807, 2.05) is 36.9 Å². The van der Waals surface area contributed by atoms with Crippen molar-refractivity contribution in [2.45, 2.75) is 20.3 Å². The van der Waals surface area contributed by atoms with Crippen molar-refractivity contribution in [3.8, 4) is 11.5 Å². The molecule has 0 atom stereocenters. The summed E-state index contributed by atoms with van der Waals surface area (Å²) in [5.74, 6) is 0.543. The average molecular weight is 293 g/mol. The van der Waals surface area contributed by atoms with E-state index in [0.717, 1.165) is 5.69 Å². The van der Waals surface area contributed by atoms with E-state index in [1.54, 1.807) is 6.08 Å². The Labute approximate surface area is 125 Å². The minimum atomic E-state index is -0.819. The van der Waals surface area contributed by atoms with Gasteiger partial charge < -0.3 is 19.5 Å². The third kappa shape index (κ3) is 5.38. The van der Waals surface area contributed by atoms with Crippen LogP contribution in [0.15, 0.2) is 30.9 Å². The number of ether oxygens (including phenoxy) is 2. The smallest absolute Gasteiger partial charge is 0.305 e. The molecule has 0 fully saturated rings. The van der Waals surface area contributed by atoms with Gasteiger partial charge in [0.2, 0.25) is 0 Å². The Morgan fingerprint density at radius 2 is 1.95 bits per heavy atom. The van der Waals surface area contributed by atoms with Gasteiger partial charge in [-0.15, -0.1) is 6.58 Å². The van der Waals surface area contributed by atoms with Gasteiger partial charge in [0, 0.05) is 24.8 Å². The molecule has 0 aliphatic rings. The minimum absolute atomic E-state index is 0.0744. The summed E-state index contributed by atoms with van der Waals surface area (Å²) < 4.78 is 11.1. The molecule has 5 nitrogen and oxygen atoms in total. The molecule has 0 aromatic heterocycles. The van der Waals surface area contributed by atoms with Gasteiger partial charge in [-0.05, 0) is 26.0 Å². The van der Waals surface area contributed by atoms with Crippen LogP contribution in [0.4, 0.5) is 5.69 Å². The van der Waals surface area contributed by atoms with Crippen molar-refractivity contribution in [2.75, 3.05) is 31.2 Å². The first-order chi connectivity index (χ1) is 10.1. The molecule has 0 saturated heterocycles. The van der Waals surface area contributed by atoms with Crippen LogP contribution in [0.3, 0.4) is 0 Å². The van der Waals surface area contributed by atoms with Crippen molar-refractivity contribution in [1.29, 1.82) is 0 Å². The number of benzene rings is 1. The van der Waals surface area contributed by atoms with Crippen molar-refractivity contribution in [3.05, 3.63) is 30.9 Å². The van der Waals surface area contributed by atoms with Gasteiger partial charge in [-0.2, -0.15) is 0 Å². The fourth-order valence-corrected chi connectivity index (χ4v) is 1.95. The van der Waals surface area contributed by atoms with Crippen molar-refractivity contribution in [3.63, 3.8) is 0 Å². The van der Waals surface area contributed by atoms with E-state index in [9.17, 15) is 4.79 Å². The molecule has 1 aromatic carbocycles. The summed E-state index contributed by atoms with van der Waals surface area (Å²) in [6.45, 7) is 9.64. The lowest BCUT2D eigenvalue weighted by atomic mass is 10.2. The molecule has 1 N–H and O–H groups in total. The van der Waals surface area contributed by atoms with Crippen LogP contribution < -0.4 is 14.4 Å². The molecule has 5 heteroatoms. The average Bonchev–Trinajstić information content (AvgIpc) is 2.45. The van der Waals surface area contributed by atoms with Gasteiger partial charge in [0.25, 0.3) is 0 Å². The van der Waals surface area contributed by atoms with Crippen LogP contribution in [-0.2, 0) is 4.79 Å². The quantitative estimate of drug-likeness (QED) is 0.672. The summed E-state index contributed by atoms with van der Waals surface area (Å²) in [5.41, 5.74) is 0.892. The molecule has 0 spiro atoms. The molecule has 0 unspecified atom stereocenters. The standard InChI is InChI=1S/C16H23NO4/c1-4-10-17(11-9-16(18)19)13-7-8-14(20-5-2)15(12-13)21-6-3/h4,7-8,12H,1,5-6,9-11H2,2-3H3,(H,18,19). The number of nitrogens with zero attached hydrogens (tertiary/aromatic N) is 1. The first kappa shape index (κ1) is 16.9. The molecule has 116 valence electrons. The van der Waals surface area contributed by atoms with Crippen LogP contribution in [0, 0.1) is 0 Å². The number of hydrogen-bond donors (Lipinski definition) is 1. The maximum absolute atomic E-state index is 10.8. The molecule has 21 heavy (non-hydrogen) atoms. The highest BCUT2D eigenvalue weighted by atomic mass is 16.5. The Morgan fingerprint density at radius 1 is 1.29 bits per heavy atom. The third-order valence-electron chi connectivity index (χ3n) is 2.84. The maximum Gasteiger partial charge on any atom is 0.305 e. The maximum atomic E-state index is 10.8. The molecule has 0 bridgehead atoms. The predicted octanol–water partition coefficient (Wildman–Crippen LogP) is 2.95. The second-order valence-corrected chi connectivity index (χ2v) is 4.38. The van der Waals surface area contributed by atoms with E-state index < -0.39 is 5.97 Å². The number of carboxylic acids is 1. The number of carbonyl (C=O) groups is 1. The van der Waals surface area contributed by atoms with Gasteiger partial charge >= 0.3 is 5.97 Å². The summed E-state index contributed by atoms with van der Waals surface area (Å²) >= 11 is 0. The number of carboxylic acid groups (broad SMARTS) is 1. The Bertz CT molecular complexity index is 473. The Morgan fingerprint density at radius 3 is 2.52 bits per heavy atom. The molecule has 0 saturated carbocycles. The second kappa shape index (κ2) is 8.89. The van der Waals surface area contributed by atoms with Gasteiger partial charge in [0.15, 0.2) is 11.5 Å². The van der Waals surface area contributed by atoms with E-state index >= 15 is 0 Å². The van der Waals surface area contributed by atoms with Crippen LogP contribution in [0.2, 0.25) is 0 Å². The first-order valence-electron chi connectivity index (χ1n) is 7.09. The number of hydrogen-bond acceptors (Lipinski definition) is 4. The van der Waals surface area contributed by atoms with Crippen LogP contribution in [0.1, 0.15) is 20.3 Å². The molecule has 0 aliphatic heterocycles. The zero-order chi connectivity index (χ0) is 15.7. The van der Waals surface area contributed by atoms with Crippen molar-refractivity contribution in [2.24, 2.45) is 0 Å². The molecular weight excluding hydrogens is 270 g/mol. The summed E-state index contributed by atoms with van der Waals surface area (Å²) in [6, 6.07) is 5.62. The SMILES string of the molecule is C=CCN(CCC(=O)O)c1ccc(OCC)c(OCC)c1. The second-order valence-electron chi connectivity index (χ2n) is 4.38. The van der Waals surface area contributed by atoms with Crippen LogP contribution >= 0.6 is 0 Å². The van der Waals surface area contributed by atoms with Crippen LogP contribution in [-0.4, -0.2) is 37.4 Å². The lowest BCUT2D eigenvalue weighted by Crippen LogP contribution is -2.26. The number of aliphatic carboxylic acids is 1. The van der Waals surface area contributed by atoms with Gasteiger partial charge in [-0.25, -0.2) is 0 Å². The highest BCUT2D eigenvalue weighted by Crippen LogP contribution is 2.32. The molecule has 0 heterocycles. The van der Waals surface area contributed by atoms with E-state index in [2.05, 4.69) is 6.58 Å². The summed E-state index contributed by atoms with van der Waals surface area (Å²) in [7, 11) is 0. The van der Waals surface area contributed by atoms with Crippen LogP contribution in [0.25, 0.3) is 0 Å². The fraction of sp³-hybridized carbons (Fsp3) is 0.438. The molecule has 0 aliphatic carbocycles. The van der Waals surface area contributed by atoms with E-state index in [1.165, 1.54) is 0 Å². The Hall–Kier alpha value is -2.17. The van der Waals surface area contributed by atoms with Crippen molar-refractivity contribution < 1.29 is 19.4 Å². The highest BCUT2D eigenvalue weighted by Gasteiger charge is 2.12. The minimum Gasteiger partial charge on any atom is -0.490 e. The monoisotopic (exact) mass is 293 g/mol. The normalized spacial score (nSPS) is 10.0. The highest BCUT2D eigenvalue weighted by molar-refractivity contribution is 5.68. The summed E-state index contributed by atoms with van der Waals surface area (Å²) in [5, 5.41) is 8.83. The summed E-state index contributed by atoms with van der Waals surface area (Å²) in [6.07, 6.45) is 1.82.